The number of benzene rings is 2. The number of hydrogen-bond donors (Lipinski definition) is 0. The molecule has 0 saturated carbocycles. The highest BCUT2D eigenvalue weighted by molar-refractivity contribution is 5.95. The van der Waals surface area contributed by atoms with Crippen LogP contribution in [0, 0.1) is 25.2 Å². The first kappa shape index (κ1) is 15.8. The van der Waals surface area contributed by atoms with Gasteiger partial charge in [0.1, 0.15) is 6.07 Å². The van der Waals surface area contributed by atoms with Crippen molar-refractivity contribution in [1.29, 1.82) is 5.26 Å². The van der Waals surface area contributed by atoms with Gasteiger partial charge in [0.2, 0.25) is 0 Å². The van der Waals surface area contributed by atoms with Crippen LogP contribution in [0.15, 0.2) is 36.4 Å². The Morgan fingerprint density at radius 1 is 1.18 bits per heavy atom. The van der Waals surface area contributed by atoms with Gasteiger partial charge in [0.05, 0.1) is 11.3 Å². The molecule has 2 rings (SSSR count). The number of anilines is 1. The van der Waals surface area contributed by atoms with E-state index in [1.807, 2.05) is 11.9 Å². The number of aryl methyl sites for hydroxylation is 2. The predicted molar refractivity (Wildman–Crippen MR) is 89.2 cm³/mol. The maximum absolute atomic E-state index is 11.6. The second kappa shape index (κ2) is 6.44. The highest BCUT2D eigenvalue weighted by Crippen LogP contribution is 2.24. The third kappa shape index (κ3) is 3.35. The van der Waals surface area contributed by atoms with E-state index in [1.54, 1.807) is 18.2 Å². The Morgan fingerprint density at radius 3 is 2.50 bits per heavy atom. The highest BCUT2D eigenvalue weighted by Gasteiger charge is 2.12. The van der Waals surface area contributed by atoms with E-state index in [2.05, 4.69) is 38.1 Å². The molecule has 2 aromatic carbocycles. The molecule has 3 heteroatoms. The van der Waals surface area contributed by atoms with E-state index in [0.29, 0.717) is 17.7 Å². The van der Waals surface area contributed by atoms with Gasteiger partial charge < -0.3 is 4.90 Å². The first-order valence-corrected chi connectivity index (χ1v) is 7.24. The molecule has 0 N–H and O–H groups in total. The van der Waals surface area contributed by atoms with Crippen molar-refractivity contribution in [1.82, 2.24) is 0 Å². The van der Waals surface area contributed by atoms with Crippen molar-refractivity contribution < 1.29 is 4.79 Å². The topological polar surface area (TPSA) is 44.1 Å². The van der Waals surface area contributed by atoms with E-state index < -0.39 is 0 Å². The van der Waals surface area contributed by atoms with E-state index in [1.165, 1.54) is 23.6 Å². The molecule has 0 heterocycles. The van der Waals surface area contributed by atoms with Crippen LogP contribution in [0.1, 0.15) is 39.5 Å². The molecule has 0 atom stereocenters. The summed E-state index contributed by atoms with van der Waals surface area (Å²) >= 11 is 0. The van der Waals surface area contributed by atoms with Crippen LogP contribution in [0.25, 0.3) is 0 Å². The maximum atomic E-state index is 11.6. The SMILES string of the molecule is CC(=O)c1ccc(C#N)c(N(C)Cc2ccc(C)cc2C)c1. The number of rotatable bonds is 4. The quantitative estimate of drug-likeness (QED) is 0.800. The molecule has 0 radical (unpaired) electrons. The van der Waals surface area contributed by atoms with Crippen molar-refractivity contribution in [2.45, 2.75) is 27.3 Å². The second-order valence-electron chi connectivity index (χ2n) is 5.69. The number of hydrogen-bond acceptors (Lipinski definition) is 3. The van der Waals surface area contributed by atoms with Crippen LogP contribution in [0.2, 0.25) is 0 Å². The summed E-state index contributed by atoms with van der Waals surface area (Å²) in [5, 5.41) is 9.29. The molecular formula is C19H20N2O. The van der Waals surface area contributed by atoms with Crippen molar-refractivity contribution in [3.63, 3.8) is 0 Å². The molecule has 112 valence electrons. The third-order valence-corrected chi connectivity index (χ3v) is 3.84. The molecule has 0 fully saturated rings. The summed E-state index contributed by atoms with van der Waals surface area (Å²) in [4.78, 5) is 13.6. The van der Waals surface area contributed by atoms with Gasteiger partial charge in [-0.1, -0.05) is 23.8 Å². The van der Waals surface area contributed by atoms with Gasteiger partial charge in [0, 0.05) is 19.2 Å². The van der Waals surface area contributed by atoms with Crippen LogP contribution >= 0.6 is 0 Å². The van der Waals surface area contributed by atoms with E-state index in [9.17, 15) is 10.1 Å². The minimum Gasteiger partial charge on any atom is -0.369 e. The fourth-order valence-corrected chi connectivity index (χ4v) is 2.52. The van der Waals surface area contributed by atoms with E-state index in [0.717, 1.165) is 5.69 Å². The summed E-state index contributed by atoms with van der Waals surface area (Å²) in [6.07, 6.45) is 0. The average Bonchev–Trinajstić information content (AvgIpc) is 2.49. The molecule has 2 aromatic rings. The van der Waals surface area contributed by atoms with Crippen molar-refractivity contribution >= 4 is 11.5 Å². The first-order chi connectivity index (χ1) is 10.4. The summed E-state index contributed by atoms with van der Waals surface area (Å²) in [7, 11) is 1.94. The molecule has 0 spiro atoms. The van der Waals surface area contributed by atoms with Crippen LogP contribution < -0.4 is 4.90 Å². The Labute approximate surface area is 131 Å². The number of carbonyl (C=O) groups excluding carboxylic acids is 1. The van der Waals surface area contributed by atoms with E-state index in [-0.39, 0.29) is 5.78 Å². The fraction of sp³-hybridized carbons (Fsp3) is 0.263. The van der Waals surface area contributed by atoms with Gasteiger partial charge in [-0.2, -0.15) is 5.26 Å². The molecule has 0 aliphatic heterocycles. The normalized spacial score (nSPS) is 10.1. The summed E-state index contributed by atoms with van der Waals surface area (Å²) in [6, 6.07) is 13.8. The predicted octanol–water partition coefficient (Wildman–Crippen LogP) is 4.01. The van der Waals surface area contributed by atoms with Crippen LogP contribution in [0.4, 0.5) is 5.69 Å². The van der Waals surface area contributed by atoms with Crippen molar-refractivity contribution in [2.24, 2.45) is 0 Å². The van der Waals surface area contributed by atoms with Crippen LogP contribution in [0.5, 0.6) is 0 Å². The van der Waals surface area contributed by atoms with E-state index in [4.69, 9.17) is 0 Å². The number of nitriles is 1. The van der Waals surface area contributed by atoms with Crippen molar-refractivity contribution in [3.8, 4) is 6.07 Å². The molecule has 0 aliphatic rings. The van der Waals surface area contributed by atoms with E-state index >= 15 is 0 Å². The zero-order valence-electron chi connectivity index (χ0n) is 13.5. The van der Waals surface area contributed by atoms with Crippen LogP contribution in [-0.2, 0) is 6.54 Å². The third-order valence-electron chi connectivity index (χ3n) is 3.84. The first-order valence-electron chi connectivity index (χ1n) is 7.24. The molecular weight excluding hydrogens is 272 g/mol. The number of carbonyl (C=O) groups is 1. The molecule has 0 aliphatic carbocycles. The van der Waals surface area contributed by atoms with Gasteiger partial charge in [-0.25, -0.2) is 0 Å². The Hall–Kier alpha value is -2.60. The van der Waals surface area contributed by atoms with Crippen LogP contribution in [-0.4, -0.2) is 12.8 Å². The number of Topliss-reactive ketones (excluding diaryl/α,β-unsaturated/α-hetero) is 1. The minimum atomic E-state index is 0.00524. The molecule has 0 unspecified atom stereocenters. The summed E-state index contributed by atoms with van der Waals surface area (Å²) in [5.41, 5.74) is 5.67. The lowest BCUT2D eigenvalue weighted by atomic mass is 10.0. The van der Waals surface area contributed by atoms with Crippen molar-refractivity contribution in [2.75, 3.05) is 11.9 Å². The lowest BCUT2D eigenvalue weighted by Crippen LogP contribution is -2.18. The summed E-state index contributed by atoms with van der Waals surface area (Å²) < 4.78 is 0. The van der Waals surface area contributed by atoms with Gasteiger partial charge in [0.25, 0.3) is 0 Å². The van der Waals surface area contributed by atoms with Gasteiger partial charge >= 0.3 is 0 Å². The molecule has 0 amide bonds. The largest absolute Gasteiger partial charge is 0.369 e. The standard InChI is InChI=1S/C19H20N2O/c1-13-5-6-18(14(2)9-13)12-21(4)19-10-16(15(3)22)7-8-17(19)11-20/h5-10H,12H2,1-4H3. The highest BCUT2D eigenvalue weighted by atomic mass is 16.1. The lowest BCUT2D eigenvalue weighted by molar-refractivity contribution is 0.101. The number of ketones is 1. The monoisotopic (exact) mass is 292 g/mol. The fourth-order valence-electron chi connectivity index (χ4n) is 2.52. The Bertz CT molecular complexity index is 757. The van der Waals surface area contributed by atoms with Gasteiger partial charge in [-0.3, -0.25) is 4.79 Å². The minimum absolute atomic E-state index is 0.00524. The Morgan fingerprint density at radius 2 is 1.91 bits per heavy atom. The summed E-state index contributed by atoms with van der Waals surface area (Å²) in [5.74, 6) is 0.00524. The molecule has 0 aromatic heterocycles. The maximum Gasteiger partial charge on any atom is 0.159 e. The Kier molecular flexibility index (Phi) is 4.62. The smallest absolute Gasteiger partial charge is 0.159 e. The molecule has 0 bridgehead atoms. The zero-order chi connectivity index (χ0) is 16.3. The second-order valence-corrected chi connectivity index (χ2v) is 5.69. The van der Waals surface area contributed by atoms with Crippen LogP contribution in [0.3, 0.4) is 0 Å². The van der Waals surface area contributed by atoms with Gasteiger partial charge in [-0.15, -0.1) is 0 Å². The number of nitrogens with zero attached hydrogens (tertiary/aromatic N) is 2. The molecule has 22 heavy (non-hydrogen) atoms. The zero-order valence-corrected chi connectivity index (χ0v) is 13.5. The van der Waals surface area contributed by atoms with Gasteiger partial charge in [0.15, 0.2) is 5.78 Å². The summed E-state index contributed by atoms with van der Waals surface area (Å²) in [6.45, 7) is 6.40. The average molecular weight is 292 g/mol. The molecule has 0 saturated heterocycles. The molecule has 3 nitrogen and oxygen atoms in total. The Balaban J connectivity index is 2.36. The van der Waals surface area contributed by atoms with Gasteiger partial charge in [-0.05, 0) is 50.1 Å². The van der Waals surface area contributed by atoms with Crippen molar-refractivity contribution in [3.05, 3.63) is 64.2 Å². The lowest BCUT2D eigenvalue weighted by Gasteiger charge is -2.22.